The van der Waals surface area contributed by atoms with E-state index in [4.69, 9.17) is 21.2 Å². The monoisotopic (exact) mass is 363 g/mol. The Hall–Kier alpha value is -2.05. The van der Waals surface area contributed by atoms with E-state index in [9.17, 15) is 4.79 Å². The van der Waals surface area contributed by atoms with Gasteiger partial charge in [-0.3, -0.25) is 0 Å². The maximum atomic E-state index is 10.5. The zero-order chi connectivity index (χ0) is 17.6. The number of benzene rings is 1. The summed E-state index contributed by atoms with van der Waals surface area (Å²) in [6, 6.07) is 9.49. The molecule has 6 nitrogen and oxygen atoms in total. The largest absolute Gasteiger partial charge is 0.465 e. The van der Waals surface area contributed by atoms with Gasteiger partial charge in [-0.2, -0.15) is 0 Å². The van der Waals surface area contributed by atoms with Crippen molar-refractivity contribution in [3.05, 3.63) is 41.0 Å². The number of nitrogens with one attached hydrogen (secondary N) is 1. The number of amides is 1. The lowest BCUT2D eigenvalue weighted by atomic mass is 9.96. The van der Waals surface area contributed by atoms with Gasteiger partial charge in [-0.05, 0) is 56.1 Å². The molecular formula is C18H22ClN3O3. The predicted molar refractivity (Wildman–Crippen MR) is 95.8 cm³/mol. The average molecular weight is 364 g/mol. The number of piperidine rings is 1. The summed E-state index contributed by atoms with van der Waals surface area (Å²) >= 11 is 5.90. The fraction of sp³-hybridized carbons (Fsp3) is 0.444. The van der Waals surface area contributed by atoms with Crippen molar-refractivity contribution < 1.29 is 14.4 Å². The number of carboxylic acid groups (broad SMARTS) is 1. The fourth-order valence-corrected chi connectivity index (χ4v) is 3.22. The Kier molecular flexibility index (Phi) is 5.94. The van der Waals surface area contributed by atoms with Crippen LogP contribution in [0.15, 0.2) is 34.9 Å². The van der Waals surface area contributed by atoms with Crippen LogP contribution < -0.4 is 5.32 Å². The highest BCUT2D eigenvalue weighted by Gasteiger charge is 2.19. The molecule has 2 aromatic rings. The van der Waals surface area contributed by atoms with Gasteiger partial charge in [-0.15, -0.1) is 0 Å². The lowest BCUT2D eigenvalue weighted by Gasteiger charge is -2.31. The maximum absolute atomic E-state index is 10.5. The summed E-state index contributed by atoms with van der Waals surface area (Å²) in [5.41, 5.74) is 1.91. The minimum Gasteiger partial charge on any atom is -0.465 e. The quantitative estimate of drug-likeness (QED) is 0.821. The van der Waals surface area contributed by atoms with Crippen molar-refractivity contribution in [2.45, 2.75) is 19.3 Å². The topological polar surface area (TPSA) is 78.6 Å². The zero-order valence-electron chi connectivity index (χ0n) is 13.9. The fourth-order valence-electron chi connectivity index (χ4n) is 3.10. The van der Waals surface area contributed by atoms with Gasteiger partial charge in [0.1, 0.15) is 0 Å². The second-order valence-electron chi connectivity index (χ2n) is 6.41. The van der Waals surface area contributed by atoms with E-state index in [-0.39, 0.29) is 0 Å². The molecule has 134 valence electrons. The summed E-state index contributed by atoms with van der Waals surface area (Å²) in [5, 5.41) is 16.0. The highest BCUT2D eigenvalue weighted by Crippen LogP contribution is 2.23. The van der Waals surface area contributed by atoms with Crippen LogP contribution in [0.4, 0.5) is 4.79 Å². The van der Waals surface area contributed by atoms with E-state index in [0.29, 0.717) is 17.5 Å². The molecular weight excluding hydrogens is 342 g/mol. The van der Waals surface area contributed by atoms with Crippen molar-refractivity contribution in [3.8, 4) is 11.3 Å². The summed E-state index contributed by atoms with van der Waals surface area (Å²) in [5.74, 6) is 1.20. The Morgan fingerprint density at radius 3 is 2.72 bits per heavy atom. The van der Waals surface area contributed by atoms with Crippen molar-refractivity contribution in [2.75, 3.05) is 26.2 Å². The van der Waals surface area contributed by atoms with Crippen molar-refractivity contribution in [1.82, 2.24) is 15.4 Å². The van der Waals surface area contributed by atoms with E-state index in [1.807, 2.05) is 30.3 Å². The van der Waals surface area contributed by atoms with Crippen molar-refractivity contribution in [3.63, 3.8) is 0 Å². The van der Waals surface area contributed by atoms with E-state index in [1.165, 1.54) is 0 Å². The summed E-state index contributed by atoms with van der Waals surface area (Å²) in [6.07, 6.45) is 1.95. The molecule has 0 atom stereocenters. The highest BCUT2D eigenvalue weighted by atomic mass is 35.5. The van der Waals surface area contributed by atoms with E-state index in [0.717, 1.165) is 55.9 Å². The number of carbonyl (C=O) groups is 1. The zero-order valence-corrected chi connectivity index (χ0v) is 14.7. The van der Waals surface area contributed by atoms with Gasteiger partial charge in [0.25, 0.3) is 0 Å². The lowest BCUT2D eigenvalue weighted by molar-refractivity contribution is 0.171. The first-order chi connectivity index (χ1) is 12.1. The van der Waals surface area contributed by atoms with Gasteiger partial charge in [-0.1, -0.05) is 16.8 Å². The molecule has 25 heavy (non-hydrogen) atoms. The number of halogens is 1. The Balaban J connectivity index is 1.44. The number of likely N-dealkylation sites (tertiary alicyclic amines) is 1. The van der Waals surface area contributed by atoms with Gasteiger partial charge in [0.15, 0.2) is 5.76 Å². The molecule has 0 saturated carbocycles. The first-order valence-corrected chi connectivity index (χ1v) is 8.88. The standard InChI is InChI=1S/C18H22ClN3O3/c19-15-3-1-14(2-4-15)17-11-16(21-25-17)7-10-22-8-5-13(6-9-22)12-20-18(23)24/h1-4,11,13,20H,5-10,12H2,(H,23,24). The van der Waals surface area contributed by atoms with Gasteiger partial charge in [0.05, 0.1) is 5.69 Å². The second kappa shape index (κ2) is 8.36. The SMILES string of the molecule is O=C(O)NCC1CCN(CCc2cc(-c3ccc(Cl)cc3)on2)CC1. The molecule has 2 heterocycles. The number of hydrogen-bond acceptors (Lipinski definition) is 4. The molecule has 1 fully saturated rings. The summed E-state index contributed by atoms with van der Waals surface area (Å²) in [6.45, 7) is 3.48. The number of hydrogen-bond donors (Lipinski definition) is 2. The van der Waals surface area contributed by atoms with Crippen molar-refractivity contribution >= 4 is 17.7 Å². The minimum atomic E-state index is -0.940. The Bertz CT molecular complexity index is 694. The molecule has 0 radical (unpaired) electrons. The van der Waals surface area contributed by atoms with E-state index < -0.39 is 6.09 Å². The lowest BCUT2D eigenvalue weighted by Crippen LogP contribution is -2.39. The molecule has 7 heteroatoms. The van der Waals surface area contributed by atoms with Crippen molar-refractivity contribution in [1.29, 1.82) is 0 Å². The number of nitrogens with zero attached hydrogens (tertiary/aromatic N) is 2. The Morgan fingerprint density at radius 2 is 2.04 bits per heavy atom. The van der Waals surface area contributed by atoms with Gasteiger partial charge < -0.3 is 19.8 Å². The van der Waals surface area contributed by atoms with Crippen LogP contribution in [0, 0.1) is 5.92 Å². The molecule has 1 aliphatic heterocycles. The van der Waals surface area contributed by atoms with Crippen molar-refractivity contribution in [2.24, 2.45) is 5.92 Å². The van der Waals surface area contributed by atoms with Crippen LogP contribution in [0.5, 0.6) is 0 Å². The first-order valence-electron chi connectivity index (χ1n) is 8.51. The number of rotatable bonds is 6. The molecule has 1 aromatic carbocycles. The number of aromatic nitrogens is 1. The molecule has 0 bridgehead atoms. The van der Waals surface area contributed by atoms with Crippen LogP contribution in [0.3, 0.4) is 0 Å². The third-order valence-corrected chi connectivity index (χ3v) is 4.87. The molecule has 1 aromatic heterocycles. The van der Waals surface area contributed by atoms with Crippen LogP contribution in [0.25, 0.3) is 11.3 Å². The molecule has 0 unspecified atom stereocenters. The highest BCUT2D eigenvalue weighted by molar-refractivity contribution is 6.30. The smallest absolute Gasteiger partial charge is 0.404 e. The summed E-state index contributed by atoms with van der Waals surface area (Å²) in [7, 11) is 0. The van der Waals surface area contributed by atoms with Crippen LogP contribution in [0.2, 0.25) is 5.02 Å². The van der Waals surface area contributed by atoms with Gasteiger partial charge in [0, 0.05) is 36.2 Å². The van der Waals surface area contributed by atoms with E-state index in [1.54, 1.807) is 0 Å². The third-order valence-electron chi connectivity index (χ3n) is 4.62. The molecule has 2 N–H and O–H groups in total. The first kappa shape index (κ1) is 17.8. The molecule has 0 aliphatic carbocycles. The van der Waals surface area contributed by atoms with Gasteiger partial charge in [-0.25, -0.2) is 4.79 Å². The average Bonchev–Trinajstić information content (AvgIpc) is 3.08. The molecule has 0 spiro atoms. The van der Waals surface area contributed by atoms with Crippen LogP contribution in [-0.2, 0) is 6.42 Å². The molecule has 1 saturated heterocycles. The maximum Gasteiger partial charge on any atom is 0.404 e. The molecule has 1 aliphatic rings. The van der Waals surface area contributed by atoms with Crippen LogP contribution in [-0.4, -0.2) is 47.4 Å². The van der Waals surface area contributed by atoms with Crippen LogP contribution >= 0.6 is 11.6 Å². The van der Waals surface area contributed by atoms with E-state index >= 15 is 0 Å². The normalized spacial score (nSPS) is 16.0. The van der Waals surface area contributed by atoms with E-state index in [2.05, 4.69) is 15.4 Å². The summed E-state index contributed by atoms with van der Waals surface area (Å²) in [4.78, 5) is 12.9. The Labute approximate surface area is 151 Å². The van der Waals surface area contributed by atoms with Gasteiger partial charge >= 0.3 is 6.09 Å². The van der Waals surface area contributed by atoms with Crippen LogP contribution in [0.1, 0.15) is 18.5 Å². The molecule has 3 rings (SSSR count). The molecule has 1 amide bonds. The minimum absolute atomic E-state index is 0.441. The van der Waals surface area contributed by atoms with Gasteiger partial charge in [0.2, 0.25) is 0 Å². The Morgan fingerprint density at radius 1 is 1.32 bits per heavy atom. The third kappa shape index (κ3) is 5.21. The predicted octanol–water partition coefficient (Wildman–Crippen LogP) is 3.52. The summed E-state index contributed by atoms with van der Waals surface area (Å²) < 4.78 is 5.43. The second-order valence-corrected chi connectivity index (χ2v) is 6.85.